The van der Waals surface area contributed by atoms with Crippen LogP contribution in [-0.2, 0) is 34.8 Å². The Kier molecular flexibility index (Phi) is 15.8. The first-order valence-electron chi connectivity index (χ1n) is 16.1. The third-order valence-corrected chi connectivity index (χ3v) is 29.9. The minimum atomic E-state index is -1.40. The first-order chi connectivity index (χ1) is 21.4. The maximum atomic E-state index is 13.7. The first-order valence-corrected chi connectivity index (χ1v) is 28.7. The topological polar surface area (TPSA) is 6.48 Å². The van der Waals surface area contributed by atoms with E-state index in [1.165, 1.54) is 36.3 Å². The fraction of sp³-hybridized carbons (Fsp3) is 0.389. The zero-order valence-electron chi connectivity index (χ0n) is 29.2. The van der Waals surface area contributed by atoms with E-state index in [0.29, 0.717) is 24.2 Å². The molecule has 4 aromatic rings. The van der Waals surface area contributed by atoms with Crippen molar-refractivity contribution in [2.75, 3.05) is 0 Å². The predicted octanol–water partition coefficient (Wildman–Crippen LogP) is 10.8. The van der Waals surface area contributed by atoms with Gasteiger partial charge < -0.3 is 8.46 Å². The summed E-state index contributed by atoms with van der Waals surface area (Å²) in [6.45, 7) is 20.0. The molecule has 252 valence electrons. The summed E-state index contributed by atoms with van der Waals surface area (Å²) in [5, 5.41) is 0. The molecular formula is C36H50F4N2Si4Ti. The van der Waals surface area contributed by atoms with E-state index < -0.39 is 56.2 Å². The molecule has 0 amide bonds. The van der Waals surface area contributed by atoms with Gasteiger partial charge in [0.15, 0.2) is 0 Å². The molecule has 0 atom stereocenters. The summed E-state index contributed by atoms with van der Waals surface area (Å²) in [5.74, 6) is -2.30. The van der Waals surface area contributed by atoms with E-state index in [4.69, 9.17) is 0 Å². The van der Waals surface area contributed by atoms with Gasteiger partial charge in [0.05, 0.1) is 0 Å². The van der Waals surface area contributed by atoms with Gasteiger partial charge in [-0.15, -0.1) is 35.4 Å². The molecule has 0 aromatic heterocycles. The van der Waals surface area contributed by atoms with Gasteiger partial charge in [-0.3, -0.25) is 0 Å². The van der Waals surface area contributed by atoms with Crippen molar-refractivity contribution in [2.45, 2.75) is 89.6 Å². The molecule has 2 saturated heterocycles. The molecular weight excluding hydrogens is 697 g/mol. The molecule has 2 aliphatic heterocycles. The first kappa shape index (κ1) is 41.5. The average molecular weight is 747 g/mol. The fourth-order valence-corrected chi connectivity index (χ4v) is 34.1. The Morgan fingerprint density at radius 3 is 1.02 bits per heavy atom. The molecule has 4 aromatic carbocycles. The van der Waals surface area contributed by atoms with Crippen molar-refractivity contribution in [1.82, 2.24) is 8.46 Å². The molecule has 2 aliphatic rings. The standard InChI is InChI=1S/2C13H20F2NSi2.2C5H5.Ti/c2*1-17(2)7-8-18(3,4)16(17)10-11-5-6-12(14)9-13(11)15;2*1-2-4-5-3-1;/h2*5-6H,7-8,10H2,1-4H3;2*1-5H;/q4*-1;+4. The van der Waals surface area contributed by atoms with Crippen LogP contribution in [0.4, 0.5) is 17.6 Å². The number of rotatable bonds is 4. The van der Waals surface area contributed by atoms with E-state index >= 15 is 0 Å². The summed E-state index contributed by atoms with van der Waals surface area (Å²) in [5.41, 5.74) is 1.17. The van der Waals surface area contributed by atoms with Crippen LogP contribution >= 0.6 is 0 Å². The zero-order chi connectivity index (χ0) is 34.2. The van der Waals surface area contributed by atoms with Crippen LogP contribution in [0.25, 0.3) is 0 Å². The molecule has 2 fully saturated rings. The second kappa shape index (κ2) is 17.8. The second-order valence-corrected chi connectivity index (χ2v) is 34.2. The Hall–Kier alpha value is -1.64. The SMILES string of the molecule is C[Si]1(C)CC[Si](C)(C)N1Cc1ccc(F)[c-]c1F.C[Si]1(C)CC[Si](C)(C)N1Cc1ccc(F)[c-]c1F.[Ti+4].c1cc[cH-]c1.c1cc[cH-]c1. The molecule has 0 spiro atoms. The second-order valence-electron chi connectivity index (χ2n) is 14.6. The maximum Gasteiger partial charge on any atom is 4.00 e. The summed E-state index contributed by atoms with van der Waals surface area (Å²) < 4.78 is 58.3. The Morgan fingerprint density at radius 1 is 0.532 bits per heavy atom. The van der Waals surface area contributed by atoms with E-state index in [2.05, 4.69) is 73.0 Å². The number of nitrogens with zero attached hydrogens (tertiary/aromatic N) is 2. The van der Waals surface area contributed by atoms with Crippen molar-refractivity contribution in [3.05, 3.63) is 131 Å². The molecule has 0 N–H and O–H groups in total. The summed E-state index contributed by atoms with van der Waals surface area (Å²) in [4.78, 5) is 0. The quantitative estimate of drug-likeness (QED) is 0.117. The molecule has 2 nitrogen and oxygen atoms in total. The van der Waals surface area contributed by atoms with Crippen LogP contribution in [0, 0.1) is 35.4 Å². The van der Waals surface area contributed by atoms with Gasteiger partial charge in [-0.25, -0.2) is 41.8 Å². The molecule has 11 heteroatoms. The smallest absolute Gasteiger partial charge is 0.352 e. The summed E-state index contributed by atoms with van der Waals surface area (Å²) in [6, 6.07) is 35.2. The van der Waals surface area contributed by atoms with Crippen molar-refractivity contribution in [3.8, 4) is 0 Å². The van der Waals surface area contributed by atoms with Gasteiger partial charge in [-0.05, 0) is 37.3 Å². The van der Waals surface area contributed by atoms with Crippen molar-refractivity contribution in [1.29, 1.82) is 0 Å². The maximum absolute atomic E-state index is 13.7. The number of hydrogen-bond acceptors (Lipinski definition) is 2. The number of halogens is 4. The molecule has 0 radical (unpaired) electrons. The molecule has 6 rings (SSSR count). The normalized spacial score (nSPS) is 18.8. The van der Waals surface area contributed by atoms with Crippen LogP contribution in [0.1, 0.15) is 11.1 Å². The number of hydrogen-bond donors (Lipinski definition) is 0. The molecule has 47 heavy (non-hydrogen) atoms. The Morgan fingerprint density at radius 2 is 0.809 bits per heavy atom. The third kappa shape index (κ3) is 12.3. The molecule has 2 heterocycles. The van der Waals surface area contributed by atoms with E-state index in [1.807, 2.05) is 60.7 Å². The zero-order valence-corrected chi connectivity index (χ0v) is 34.8. The van der Waals surface area contributed by atoms with Gasteiger partial charge in [0.25, 0.3) is 0 Å². The summed E-state index contributed by atoms with van der Waals surface area (Å²) in [7, 11) is -5.61. The monoisotopic (exact) mass is 746 g/mol. The number of benzene rings is 2. The van der Waals surface area contributed by atoms with E-state index in [0.717, 1.165) is 0 Å². The molecule has 0 bridgehead atoms. The van der Waals surface area contributed by atoms with Crippen molar-refractivity contribution < 1.29 is 39.3 Å². The van der Waals surface area contributed by atoms with Crippen LogP contribution in [0.15, 0.2) is 84.9 Å². The largest absolute Gasteiger partial charge is 4.00 e. The summed E-state index contributed by atoms with van der Waals surface area (Å²) >= 11 is 0. The molecule has 0 aliphatic carbocycles. The molecule has 0 saturated carbocycles. The van der Waals surface area contributed by atoms with Crippen molar-refractivity contribution in [3.63, 3.8) is 0 Å². The van der Waals surface area contributed by atoms with Gasteiger partial charge in [-0.1, -0.05) is 52.4 Å². The van der Waals surface area contributed by atoms with E-state index in [1.54, 1.807) is 12.1 Å². The van der Waals surface area contributed by atoms with Crippen molar-refractivity contribution in [2.24, 2.45) is 0 Å². The van der Waals surface area contributed by atoms with Gasteiger partial charge in [0.2, 0.25) is 0 Å². The van der Waals surface area contributed by atoms with Crippen molar-refractivity contribution >= 4 is 32.9 Å². The summed E-state index contributed by atoms with van der Waals surface area (Å²) in [6.07, 6.45) is 0. The minimum Gasteiger partial charge on any atom is -0.352 e. The third-order valence-electron chi connectivity index (χ3n) is 9.27. The molecule has 0 unspecified atom stereocenters. The predicted molar refractivity (Wildman–Crippen MR) is 195 cm³/mol. The van der Waals surface area contributed by atoms with E-state index in [9.17, 15) is 17.6 Å². The van der Waals surface area contributed by atoms with Crippen LogP contribution < -0.4 is 0 Å². The average Bonchev–Trinajstić information content (AvgIpc) is 3.78. The van der Waals surface area contributed by atoms with Crippen LogP contribution in [0.2, 0.25) is 76.6 Å². The Labute approximate surface area is 300 Å². The van der Waals surface area contributed by atoms with Crippen LogP contribution in [-0.4, -0.2) is 41.4 Å². The van der Waals surface area contributed by atoms with Crippen LogP contribution in [0.3, 0.4) is 0 Å². The van der Waals surface area contributed by atoms with Gasteiger partial charge in [0, 0.05) is 23.3 Å². The van der Waals surface area contributed by atoms with Gasteiger partial charge >= 0.3 is 21.7 Å². The minimum absolute atomic E-state index is 0. The van der Waals surface area contributed by atoms with Crippen LogP contribution in [0.5, 0.6) is 0 Å². The van der Waals surface area contributed by atoms with Gasteiger partial charge in [-0.2, -0.15) is 48.5 Å². The Bertz CT molecular complexity index is 1300. The van der Waals surface area contributed by atoms with E-state index in [-0.39, 0.29) is 21.7 Å². The Balaban J connectivity index is 0.000000248. The van der Waals surface area contributed by atoms with Gasteiger partial charge in [0.1, 0.15) is 32.9 Å². The fourth-order valence-electron chi connectivity index (χ4n) is 6.43.